The minimum atomic E-state index is -3.74. The van der Waals surface area contributed by atoms with Gasteiger partial charge in [0.05, 0.1) is 5.69 Å². The van der Waals surface area contributed by atoms with E-state index >= 15 is 0 Å². The van der Waals surface area contributed by atoms with Crippen molar-refractivity contribution < 1.29 is 8.42 Å². The molecule has 8 heteroatoms. The van der Waals surface area contributed by atoms with Crippen LogP contribution in [0.15, 0.2) is 23.4 Å². The number of nitrogens with zero attached hydrogens (tertiary/aromatic N) is 1. The summed E-state index contributed by atoms with van der Waals surface area (Å²) in [7, 11) is -3.74. The van der Waals surface area contributed by atoms with E-state index in [2.05, 4.69) is 20.3 Å². The lowest BCUT2D eigenvalue weighted by Gasteiger charge is -2.25. The number of hydrogen-bond donors (Lipinski definition) is 3. The van der Waals surface area contributed by atoms with Crippen LogP contribution in [0.2, 0.25) is 0 Å². The van der Waals surface area contributed by atoms with Crippen molar-refractivity contribution in [3.63, 3.8) is 0 Å². The first-order valence-electron chi connectivity index (χ1n) is 7.54. The normalized spacial score (nSPS) is 16.0. The number of rotatable bonds is 5. The van der Waals surface area contributed by atoms with Crippen LogP contribution in [0.1, 0.15) is 39.0 Å². The molecule has 0 aromatic carbocycles. The molecule has 22 heavy (non-hydrogen) atoms. The summed E-state index contributed by atoms with van der Waals surface area (Å²) in [5.41, 5.74) is 0.577. The van der Waals surface area contributed by atoms with Gasteiger partial charge >= 0.3 is 0 Å². The smallest absolute Gasteiger partial charge is 0.267 e. The van der Waals surface area contributed by atoms with Crippen LogP contribution >= 0.6 is 12.2 Å². The fourth-order valence-corrected chi connectivity index (χ4v) is 4.07. The van der Waals surface area contributed by atoms with E-state index in [4.69, 9.17) is 12.2 Å². The van der Waals surface area contributed by atoms with E-state index in [1.165, 1.54) is 25.5 Å². The van der Waals surface area contributed by atoms with E-state index < -0.39 is 10.0 Å². The Balaban J connectivity index is 2.17. The van der Waals surface area contributed by atoms with Crippen molar-refractivity contribution in [3.05, 3.63) is 18.5 Å². The predicted molar refractivity (Wildman–Crippen MR) is 91.3 cm³/mol. The standard InChI is InChI=1S/C14H22N4O2S2/c1-2-16-14(21)18-22(19,20)13-10-15-9-8-12(13)17-11-6-4-3-5-7-11/h8-11H,2-7H2,1H3,(H,15,17)(H2,16,18,21). The molecule has 1 aromatic rings. The van der Waals surface area contributed by atoms with Gasteiger partial charge in [-0.1, -0.05) is 19.3 Å². The molecule has 1 aliphatic rings. The second-order valence-corrected chi connectivity index (χ2v) is 7.38. The minimum Gasteiger partial charge on any atom is -0.381 e. The minimum absolute atomic E-state index is 0.0926. The summed E-state index contributed by atoms with van der Waals surface area (Å²) in [5.74, 6) is 0. The molecule has 0 radical (unpaired) electrons. The molecule has 0 spiro atoms. The topological polar surface area (TPSA) is 83.1 Å². The first-order chi connectivity index (χ1) is 10.5. The van der Waals surface area contributed by atoms with E-state index in [1.54, 1.807) is 12.3 Å². The molecular formula is C14H22N4O2S2. The molecule has 0 unspecified atom stereocenters. The highest BCUT2D eigenvalue weighted by molar-refractivity contribution is 7.92. The molecule has 3 N–H and O–H groups in total. The van der Waals surface area contributed by atoms with Gasteiger partial charge in [0.15, 0.2) is 5.11 Å². The van der Waals surface area contributed by atoms with E-state index in [0.29, 0.717) is 18.3 Å². The van der Waals surface area contributed by atoms with Crippen molar-refractivity contribution in [2.75, 3.05) is 11.9 Å². The van der Waals surface area contributed by atoms with Gasteiger partial charge in [-0.3, -0.25) is 9.71 Å². The third kappa shape index (κ3) is 4.54. The Kier molecular flexibility index (Phi) is 5.96. The van der Waals surface area contributed by atoms with Crippen LogP contribution in [0.5, 0.6) is 0 Å². The fourth-order valence-electron chi connectivity index (χ4n) is 2.55. The summed E-state index contributed by atoms with van der Waals surface area (Å²) in [6.07, 6.45) is 8.66. The molecule has 1 fully saturated rings. The molecule has 1 aromatic heterocycles. The third-order valence-electron chi connectivity index (χ3n) is 3.60. The van der Waals surface area contributed by atoms with Crippen molar-refractivity contribution in [3.8, 4) is 0 Å². The summed E-state index contributed by atoms with van der Waals surface area (Å²) in [4.78, 5) is 4.06. The Morgan fingerprint density at radius 3 is 2.77 bits per heavy atom. The Bertz CT molecular complexity index is 613. The highest BCUT2D eigenvalue weighted by Gasteiger charge is 2.22. The summed E-state index contributed by atoms with van der Waals surface area (Å²) >= 11 is 4.96. The van der Waals surface area contributed by atoms with E-state index in [-0.39, 0.29) is 10.0 Å². The maximum Gasteiger partial charge on any atom is 0.267 e. The van der Waals surface area contributed by atoms with Gasteiger partial charge in [0.25, 0.3) is 10.0 Å². The predicted octanol–water partition coefficient (Wildman–Crippen LogP) is 2.00. The second-order valence-electron chi connectivity index (χ2n) is 5.32. The van der Waals surface area contributed by atoms with Crippen LogP contribution < -0.4 is 15.4 Å². The maximum absolute atomic E-state index is 12.5. The summed E-state index contributed by atoms with van der Waals surface area (Å²) in [5, 5.41) is 6.20. The fraction of sp³-hybridized carbons (Fsp3) is 0.571. The molecule has 0 saturated heterocycles. The zero-order valence-corrected chi connectivity index (χ0v) is 14.3. The number of anilines is 1. The van der Waals surface area contributed by atoms with Gasteiger partial charge < -0.3 is 10.6 Å². The molecule has 0 bridgehead atoms. The Hall–Kier alpha value is -1.41. The molecule has 0 amide bonds. The summed E-state index contributed by atoms with van der Waals surface area (Å²) < 4.78 is 27.3. The molecule has 1 heterocycles. The summed E-state index contributed by atoms with van der Waals surface area (Å²) in [6.45, 7) is 2.41. The van der Waals surface area contributed by atoms with Crippen LogP contribution in [0.4, 0.5) is 5.69 Å². The average molecular weight is 342 g/mol. The van der Waals surface area contributed by atoms with Crippen molar-refractivity contribution in [1.29, 1.82) is 0 Å². The van der Waals surface area contributed by atoms with Gasteiger partial charge in [0.2, 0.25) is 0 Å². The van der Waals surface area contributed by atoms with E-state index in [9.17, 15) is 8.42 Å². The van der Waals surface area contributed by atoms with Crippen molar-refractivity contribution in [2.24, 2.45) is 0 Å². The van der Waals surface area contributed by atoms with Crippen LogP contribution in [-0.4, -0.2) is 31.1 Å². The average Bonchev–Trinajstić information content (AvgIpc) is 2.48. The molecule has 1 aliphatic carbocycles. The Morgan fingerprint density at radius 2 is 2.09 bits per heavy atom. The Morgan fingerprint density at radius 1 is 1.36 bits per heavy atom. The van der Waals surface area contributed by atoms with Crippen LogP contribution in [-0.2, 0) is 10.0 Å². The number of thiocarbonyl (C=S) groups is 1. The van der Waals surface area contributed by atoms with E-state index in [0.717, 1.165) is 12.8 Å². The number of pyridine rings is 1. The first kappa shape index (κ1) is 17.0. The number of aromatic nitrogens is 1. The summed E-state index contributed by atoms with van der Waals surface area (Å²) in [6, 6.07) is 2.00. The molecule has 0 aliphatic heterocycles. The van der Waals surface area contributed by atoms with Crippen molar-refractivity contribution in [1.82, 2.24) is 15.0 Å². The number of nitrogens with one attached hydrogen (secondary N) is 3. The first-order valence-corrected chi connectivity index (χ1v) is 9.43. The second kappa shape index (κ2) is 7.73. The lowest BCUT2D eigenvalue weighted by Crippen LogP contribution is -2.39. The zero-order chi connectivity index (χ0) is 16.0. The monoisotopic (exact) mass is 342 g/mol. The van der Waals surface area contributed by atoms with Crippen LogP contribution in [0, 0.1) is 0 Å². The molecule has 0 atom stereocenters. The Labute approximate surface area is 137 Å². The van der Waals surface area contributed by atoms with Gasteiger partial charge in [0.1, 0.15) is 4.90 Å². The van der Waals surface area contributed by atoms with Crippen LogP contribution in [0.25, 0.3) is 0 Å². The number of hydrogen-bond acceptors (Lipinski definition) is 5. The maximum atomic E-state index is 12.5. The van der Waals surface area contributed by atoms with Gasteiger partial charge in [-0.05, 0) is 38.0 Å². The van der Waals surface area contributed by atoms with Crippen molar-refractivity contribution >= 4 is 33.0 Å². The van der Waals surface area contributed by atoms with Gasteiger partial charge in [-0.2, -0.15) is 0 Å². The molecule has 1 saturated carbocycles. The highest BCUT2D eigenvalue weighted by Crippen LogP contribution is 2.25. The quantitative estimate of drug-likeness (QED) is 0.710. The van der Waals surface area contributed by atoms with Gasteiger partial charge in [-0.25, -0.2) is 8.42 Å². The van der Waals surface area contributed by atoms with Crippen molar-refractivity contribution in [2.45, 2.75) is 50.0 Å². The molecule has 122 valence electrons. The molecule has 6 nitrogen and oxygen atoms in total. The van der Waals surface area contributed by atoms with Gasteiger partial charge in [-0.15, -0.1) is 0 Å². The SMILES string of the molecule is CCNC(=S)NS(=O)(=O)c1cnccc1NC1CCCCC1. The zero-order valence-electron chi connectivity index (χ0n) is 12.6. The third-order valence-corrected chi connectivity index (χ3v) is 5.36. The van der Waals surface area contributed by atoms with Crippen LogP contribution in [0.3, 0.4) is 0 Å². The molecular weight excluding hydrogens is 320 g/mol. The number of sulfonamides is 1. The van der Waals surface area contributed by atoms with Gasteiger partial charge in [0, 0.05) is 25.0 Å². The molecule has 2 rings (SSSR count). The van der Waals surface area contributed by atoms with E-state index in [1.807, 2.05) is 6.92 Å². The highest BCUT2D eigenvalue weighted by atomic mass is 32.2. The lowest BCUT2D eigenvalue weighted by atomic mass is 9.95. The lowest BCUT2D eigenvalue weighted by molar-refractivity contribution is 0.462. The largest absolute Gasteiger partial charge is 0.381 e.